The third kappa shape index (κ3) is 15.0. The van der Waals surface area contributed by atoms with E-state index < -0.39 is 0 Å². The normalized spacial score (nSPS) is 12.2. The molecule has 1 aliphatic carbocycles. The standard InChI is InChI=1S/C62H46IN2O2P.C7H12.C5H9P/c63-45-19-13-24-50(39-45)64(46-20-9-3-10-21-46)48-27-31-52(32-28-48)66-54-35-37-57-59(41-54)61(43-15-5-1-6-16-43)58-38-36-55(42-60(58)62(57)44-17-7-2-8-18-44)67-53-33-29-49(30-34-53)65(47-22-11-4-12-23-47)51-25-14-26-56(68)40-51;1-3-5-7-6-4-2;1-3-4-5(2)6/h1-12,14-18,20-42H,13,19,68H2;3,5-7H,4H2,1-2H3;3-4H,1,6H2,2H3/b;5-3-,7-6-;5-4+. The van der Waals surface area contributed by atoms with Crippen molar-refractivity contribution < 1.29 is 9.47 Å². The molecule has 10 aromatic rings. The van der Waals surface area contributed by atoms with Gasteiger partial charge in [-0.05, 0) is 224 Å². The molecule has 0 saturated carbocycles. The summed E-state index contributed by atoms with van der Waals surface area (Å²) in [5.41, 5.74) is 11.1. The van der Waals surface area contributed by atoms with E-state index in [0.29, 0.717) is 0 Å². The molecule has 2 atom stereocenters. The largest absolute Gasteiger partial charge is 0.457 e. The number of fused-ring (bicyclic) bond motifs is 2. The summed E-state index contributed by atoms with van der Waals surface area (Å²) in [6.07, 6.45) is 19.8. The van der Waals surface area contributed by atoms with E-state index in [0.717, 1.165) is 120 Å². The fourth-order valence-corrected chi connectivity index (χ4v) is 10.8. The molecular weight excluding hydrogens is 1140 g/mol. The molecular formula is C74H67IN2O2P2. The van der Waals surface area contributed by atoms with Gasteiger partial charge in [0.05, 0.1) is 0 Å². The van der Waals surface area contributed by atoms with Crippen molar-refractivity contribution in [1.29, 1.82) is 0 Å². The molecule has 2 unspecified atom stereocenters. The second kappa shape index (κ2) is 28.9. The van der Waals surface area contributed by atoms with Crippen LogP contribution in [-0.4, -0.2) is 0 Å². The lowest BCUT2D eigenvalue weighted by Crippen LogP contribution is -2.16. The molecule has 0 spiro atoms. The predicted molar refractivity (Wildman–Crippen MR) is 365 cm³/mol. The smallest absolute Gasteiger partial charge is 0.128 e. The number of nitrogens with zero attached hydrogens (tertiary/aromatic N) is 2. The monoisotopic (exact) mass is 1200 g/mol. The average molecular weight is 1210 g/mol. The predicted octanol–water partition coefficient (Wildman–Crippen LogP) is 22.5. The van der Waals surface area contributed by atoms with Crippen LogP contribution in [0.15, 0.2) is 300 Å². The Morgan fingerprint density at radius 3 is 1.43 bits per heavy atom. The third-order valence-corrected chi connectivity index (χ3v) is 14.8. The molecule has 0 amide bonds. The van der Waals surface area contributed by atoms with E-state index >= 15 is 0 Å². The van der Waals surface area contributed by atoms with E-state index in [4.69, 9.17) is 9.47 Å². The number of hydrogen-bond donors (Lipinski definition) is 0. The number of rotatable bonds is 15. The fraction of sp³-hybridized carbons (Fsp3) is 0.0811. The van der Waals surface area contributed by atoms with Crippen molar-refractivity contribution in [2.75, 3.05) is 9.80 Å². The number of benzene rings is 10. The summed E-state index contributed by atoms with van der Waals surface area (Å²) >= 11 is 2.46. The topological polar surface area (TPSA) is 24.9 Å². The second-order valence-electron chi connectivity index (χ2n) is 19.3. The Balaban J connectivity index is 0.000000547. The number of halogens is 1. The van der Waals surface area contributed by atoms with Crippen molar-refractivity contribution in [2.24, 2.45) is 0 Å². The highest BCUT2D eigenvalue weighted by Crippen LogP contribution is 2.47. The van der Waals surface area contributed by atoms with Gasteiger partial charge in [0.15, 0.2) is 0 Å². The van der Waals surface area contributed by atoms with E-state index in [1.807, 2.05) is 38.1 Å². The van der Waals surface area contributed by atoms with Gasteiger partial charge < -0.3 is 19.3 Å². The Bertz CT molecular complexity index is 3850. The summed E-state index contributed by atoms with van der Waals surface area (Å²) in [4.78, 5) is 4.58. The summed E-state index contributed by atoms with van der Waals surface area (Å²) < 4.78 is 14.8. The van der Waals surface area contributed by atoms with Crippen molar-refractivity contribution in [2.45, 2.75) is 40.0 Å². The van der Waals surface area contributed by atoms with Crippen LogP contribution < -0.4 is 24.6 Å². The zero-order valence-electron chi connectivity index (χ0n) is 46.1. The maximum Gasteiger partial charge on any atom is 0.128 e. The first-order chi connectivity index (χ1) is 39.7. The molecule has 4 nitrogen and oxygen atoms in total. The summed E-state index contributed by atoms with van der Waals surface area (Å²) in [5, 5.41) is 6.81. The van der Waals surface area contributed by atoms with Gasteiger partial charge in [0.2, 0.25) is 0 Å². The van der Waals surface area contributed by atoms with Gasteiger partial charge in [0.1, 0.15) is 23.0 Å². The minimum absolute atomic E-state index is 0.756. The highest BCUT2D eigenvalue weighted by atomic mass is 127. The van der Waals surface area contributed by atoms with Crippen LogP contribution in [0.2, 0.25) is 0 Å². The number of ether oxygens (including phenoxy) is 2. The number of anilines is 5. The van der Waals surface area contributed by atoms with Crippen LogP contribution in [0.1, 0.15) is 40.0 Å². The van der Waals surface area contributed by atoms with Crippen LogP contribution in [0, 0.1) is 0 Å². The zero-order valence-corrected chi connectivity index (χ0v) is 50.6. The molecule has 0 aromatic heterocycles. The van der Waals surface area contributed by atoms with E-state index in [2.05, 4.69) is 313 Å². The summed E-state index contributed by atoms with van der Waals surface area (Å²) in [5.74, 6) is 3.05. The molecule has 7 heteroatoms. The van der Waals surface area contributed by atoms with E-state index in [1.165, 1.54) is 14.6 Å². The van der Waals surface area contributed by atoms with E-state index in [1.54, 1.807) is 6.08 Å². The molecule has 0 heterocycles. The molecule has 10 aromatic carbocycles. The Morgan fingerprint density at radius 1 is 0.531 bits per heavy atom. The minimum Gasteiger partial charge on any atom is -0.457 e. The van der Waals surface area contributed by atoms with Crippen LogP contribution in [0.5, 0.6) is 23.0 Å². The molecule has 11 rings (SSSR count). The first-order valence-corrected chi connectivity index (χ1v) is 29.6. The molecule has 0 fully saturated rings. The molecule has 0 N–H and O–H groups in total. The Labute approximate surface area is 497 Å². The molecule has 1 aliphatic rings. The zero-order chi connectivity index (χ0) is 56.3. The highest BCUT2D eigenvalue weighted by molar-refractivity contribution is 14.1. The van der Waals surface area contributed by atoms with Crippen LogP contribution >= 0.6 is 41.1 Å². The maximum absolute atomic E-state index is 6.73. The molecule has 0 radical (unpaired) electrons. The lowest BCUT2D eigenvalue weighted by molar-refractivity contribution is 0.483. The van der Waals surface area contributed by atoms with Crippen LogP contribution in [0.4, 0.5) is 28.4 Å². The maximum atomic E-state index is 6.73. The van der Waals surface area contributed by atoms with Crippen molar-refractivity contribution in [3.8, 4) is 45.3 Å². The quantitative estimate of drug-likeness (QED) is 0.0442. The molecule has 402 valence electrons. The third-order valence-electron chi connectivity index (χ3n) is 13.4. The Kier molecular flexibility index (Phi) is 20.6. The Morgan fingerprint density at radius 2 is 0.988 bits per heavy atom. The van der Waals surface area contributed by atoms with Crippen molar-refractivity contribution >= 4 is 96.4 Å². The Hall–Kier alpha value is -8.05. The second-order valence-corrected chi connectivity index (χ2v) is 22.3. The van der Waals surface area contributed by atoms with Crippen LogP contribution in [0.3, 0.4) is 0 Å². The van der Waals surface area contributed by atoms with Gasteiger partial charge in [0, 0.05) is 34.1 Å². The number of para-hydroxylation sites is 2. The average Bonchev–Trinajstić information content (AvgIpc) is 3.68. The van der Waals surface area contributed by atoms with Crippen molar-refractivity contribution in [1.82, 2.24) is 0 Å². The van der Waals surface area contributed by atoms with Gasteiger partial charge in [-0.15, -0.1) is 18.5 Å². The molecule has 0 saturated heterocycles. The number of hydrogen-bond acceptors (Lipinski definition) is 4. The first-order valence-electron chi connectivity index (χ1n) is 27.4. The summed E-state index contributed by atoms with van der Waals surface area (Å²) in [6, 6.07) is 80.6. The highest BCUT2D eigenvalue weighted by Gasteiger charge is 2.21. The summed E-state index contributed by atoms with van der Waals surface area (Å²) in [7, 11) is 5.38. The van der Waals surface area contributed by atoms with Gasteiger partial charge >= 0.3 is 0 Å². The molecule has 81 heavy (non-hydrogen) atoms. The summed E-state index contributed by atoms with van der Waals surface area (Å²) in [6.45, 7) is 9.66. The fourth-order valence-electron chi connectivity index (χ4n) is 9.77. The van der Waals surface area contributed by atoms with Gasteiger partial charge in [-0.3, -0.25) is 0 Å². The van der Waals surface area contributed by atoms with Crippen molar-refractivity contribution in [3.63, 3.8) is 0 Å². The van der Waals surface area contributed by atoms with Crippen LogP contribution in [-0.2, 0) is 0 Å². The molecule has 0 bridgehead atoms. The van der Waals surface area contributed by atoms with E-state index in [9.17, 15) is 0 Å². The van der Waals surface area contributed by atoms with Crippen molar-refractivity contribution in [3.05, 3.63) is 300 Å². The minimum atomic E-state index is 0.756. The molecule has 0 aliphatic heterocycles. The van der Waals surface area contributed by atoms with Gasteiger partial charge in [-0.2, -0.15) is 0 Å². The van der Waals surface area contributed by atoms with Gasteiger partial charge in [0.25, 0.3) is 0 Å². The number of allylic oxidation sites excluding steroid dienone is 10. The van der Waals surface area contributed by atoms with Gasteiger partial charge in [-0.1, -0.05) is 183 Å². The first kappa shape index (κ1) is 57.6. The van der Waals surface area contributed by atoms with Gasteiger partial charge in [-0.25, -0.2) is 0 Å². The van der Waals surface area contributed by atoms with Crippen LogP contribution in [0.25, 0.3) is 43.8 Å². The SMILES string of the molecule is C/C=C\C=C/CC.C=C/C=C(\C)P.Pc1cccc(N(c2ccccc2)c2ccc(Oc3ccc4c(-c5ccccc5)c5cc(Oc6ccc(N(C7=CCCC(I)=C7)c7ccccc7)cc6)ccc5c(-c5ccccc5)c4c3)cc2)c1. The lowest BCUT2D eigenvalue weighted by Gasteiger charge is -2.28. The van der Waals surface area contributed by atoms with E-state index in [-0.39, 0.29) is 0 Å². The lowest BCUT2D eigenvalue weighted by atomic mass is 9.86.